The molecule has 8 heteroatoms. The van der Waals surface area contributed by atoms with Crippen molar-refractivity contribution in [2.75, 3.05) is 45.1 Å². The van der Waals surface area contributed by atoms with Crippen molar-refractivity contribution in [2.45, 2.75) is 13.0 Å². The minimum atomic E-state index is -0.0762. The number of halogens is 1. The van der Waals surface area contributed by atoms with Crippen LogP contribution in [0, 0.1) is 0 Å². The number of benzene rings is 2. The number of pyridine rings is 1. The number of amides is 1. The quantitative estimate of drug-likeness (QED) is 0.450. The van der Waals surface area contributed by atoms with Crippen molar-refractivity contribution in [3.05, 3.63) is 76.9 Å². The Hall–Kier alpha value is -3.13. The molecule has 178 valence electrons. The second-order valence-electron chi connectivity index (χ2n) is 8.13. The van der Waals surface area contributed by atoms with Crippen LogP contribution in [0.1, 0.15) is 22.3 Å². The third-order valence-corrected chi connectivity index (χ3v) is 6.11. The molecule has 1 saturated heterocycles. The number of hydrogen-bond acceptors (Lipinski definition) is 6. The largest absolute Gasteiger partial charge is 0.485 e. The molecule has 4 rings (SSSR count). The number of hydrogen-bond donors (Lipinski definition) is 2. The maximum absolute atomic E-state index is 12.5. The normalized spacial score (nSPS) is 14.0. The van der Waals surface area contributed by atoms with Crippen LogP contribution in [0.15, 0.2) is 60.8 Å². The van der Waals surface area contributed by atoms with E-state index in [0.717, 1.165) is 56.0 Å². The molecule has 0 saturated carbocycles. The summed E-state index contributed by atoms with van der Waals surface area (Å²) in [6, 6.07) is 16.8. The fraction of sp³-hybridized carbons (Fsp3) is 0.308. The second kappa shape index (κ2) is 11.8. The lowest BCUT2D eigenvalue weighted by molar-refractivity contribution is 0.0374. The molecule has 7 nitrogen and oxygen atoms in total. The lowest BCUT2D eigenvalue weighted by Gasteiger charge is -2.26. The molecule has 34 heavy (non-hydrogen) atoms. The van der Waals surface area contributed by atoms with Crippen LogP contribution in [-0.2, 0) is 11.3 Å². The number of nitrogen functional groups attached to an aromatic ring is 1. The van der Waals surface area contributed by atoms with Crippen molar-refractivity contribution in [2.24, 2.45) is 0 Å². The molecule has 0 radical (unpaired) electrons. The smallest absolute Gasteiger partial charge is 0.251 e. The Kier molecular flexibility index (Phi) is 8.36. The Balaban J connectivity index is 1.32. The van der Waals surface area contributed by atoms with Crippen LogP contribution in [0.2, 0.25) is 5.02 Å². The first kappa shape index (κ1) is 24.0. The van der Waals surface area contributed by atoms with Crippen molar-refractivity contribution in [3.63, 3.8) is 0 Å². The molecule has 1 aromatic heterocycles. The maximum atomic E-state index is 12.5. The maximum Gasteiger partial charge on any atom is 0.251 e. The monoisotopic (exact) mass is 480 g/mol. The molecule has 2 heterocycles. The molecule has 1 amide bonds. The van der Waals surface area contributed by atoms with Gasteiger partial charge in [0.2, 0.25) is 0 Å². The first-order chi connectivity index (χ1) is 16.6. The molecule has 0 spiro atoms. The van der Waals surface area contributed by atoms with Gasteiger partial charge in [-0.1, -0.05) is 41.9 Å². The number of carbonyl (C=O) groups excluding carboxylic acids is 1. The van der Waals surface area contributed by atoms with Gasteiger partial charge in [-0.15, -0.1) is 0 Å². The standard InChI is InChI=1S/C26H29ClN4O3/c27-23-5-2-1-4-21(23)18-34-24-16-22(17-30-25(24)28)19-6-8-20(9-7-19)26(32)29-10-3-11-31-12-14-33-15-13-31/h1-2,4-9,16-17H,3,10-15,18H2,(H2,28,30)(H,29,32). The van der Waals surface area contributed by atoms with Crippen LogP contribution in [-0.4, -0.2) is 55.2 Å². The third kappa shape index (κ3) is 6.47. The average Bonchev–Trinajstić information content (AvgIpc) is 2.87. The van der Waals surface area contributed by atoms with Gasteiger partial charge in [-0.2, -0.15) is 0 Å². The molecule has 0 atom stereocenters. The van der Waals surface area contributed by atoms with Gasteiger partial charge in [0.15, 0.2) is 11.6 Å². The minimum Gasteiger partial charge on any atom is -0.485 e. The number of anilines is 1. The number of carbonyl (C=O) groups is 1. The highest BCUT2D eigenvalue weighted by atomic mass is 35.5. The van der Waals surface area contributed by atoms with E-state index >= 15 is 0 Å². The summed E-state index contributed by atoms with van der Waals surface area (Å²) >= 11 is 6.21. The molecule has 3 N–H and O–H groups in total. The zero-order valence-corrected chi connectivity index (χ0v) is 19.8. The Morgan fingerprint density at radius 3 is 2.65 bits per heavy atom. The molecular formula is C26H29ClN4O3. The highest BCUT2D eigenvalue weighted by Gasteiger charge is 2.11. The fourth-order valence-corrected chi connectivity index (χ4v) is 3.94. The first-order valence-corrected chi connectivity index (χ1v) is 11.8. The van der Waals surface area contributed by atoms with E-state index in [0.29, 0.717) is 35.3 Å². The number of ether oxygens (including phenoxy) is 2. The van der Waals surface area contributed by atoms with E-state index in [-0.39, 0.29) is 5.91 Å². The molecule has 1 aliphatic heterocycles. The van der Waals surface area contributed by atoms with Crippen molar-refractivity contribution < 1.29 is 14.3 Å². The molecule has 3 aromatic rings. The predicted molar refractivity (Wildman–Crippen MR) is 134 cm³/mol. The Morgan fingerprint density at radius 1 is 1.12 bits per heavy atom. The number of nitrogens with two attached hydrogens (primary N) is 1. The second-order valence-corrected chi connectivity index (χ2v) is 8.54. The lowest BCUT2D eigenvalue weighted by atomic mass is 10.0. The van der Waals surface area contributed by atoms with E-state index < -0.39 is 0 Å². The number of rotatable bonds is 9. The van der Waals surface area contributed by atoms with E-state index in [2.05, 4.69) is 15.2 Å². The number of nitrogens with one attached hydrogen (secondary N) is 1. The van der Waals surface area contributed by atoms with E-state index in [1.54, 1.807) is 6.20 Å². The minimum absolute atomic E-state index is 0.0762. The first-order valence-electron chi connectivity index (χ1n) is 11.4. The van der Waals surface area contributed by atoms with Crippen LogP contribution < -0.4 is 15.8 Å². The van der Waals surface area contributed by atoms with E-state index in [1.165, 1.54) is 0 Å². The van der Waals surface area contributed by atoms with Crippen LogP contribution in [0.5, 0.6) is 5.75 Å². The Labute approximate surface area is 204 Å². The van der Waals surface area contributed by atoms with E-state index in [1.807, 2.05) is 54.6 Å². The van der Waals surface area contributed by atoms with Gasteiger partial charge >= 0.3 is 0 Å². The fourth-order valence-electron chi connectivity index (χ4n) is 3.75. The van der Waals surface area contributed by atoms with Crippen molar-refractivity contribution in [1.82, 2.24) is 15.2 Å². The van der Waals surface area contributed by atoms with Crippen LogP contribution in [0.25, 0.3) is 11.1 Å². The van der Waals surface area contributed by atoms with Crippen molar-refractivity contribution >= 4 is 23.3 Å². The topological polar surface area (TPSA) is 89.7 Å². The summed E-state index contributed by atoms with van der Waals surface area (Å²) in [5, 5.41) is 3.63. The van der Waals surface area contributed by atoms with Gasteiger partial charge in [0, 0.05) is 47.5 Å². The average molecular weight is 481 g/mol. The molecule has 0 unspecified atom stereocenters. The summed E-state index contributed by atoms with van der Waals surface area (Å²) in [6.45, 7) is 5.40. The summed E-state index contributed by atoms with van der Waals surface area (Å²) in [6.07, 6.45) is 2.61. The molecule has 0 aliphatic carbocycles. The van der Waals surface area contributed by atoms with Crippen molar-refractivity contribution in [1.29, 1.82) is 0 Å². The van der Waals surface area contributed by atoms with Gasteiger partial charge in [-0.25, -0.2) is 4.98 Å². The number of nitrogens with zero attached hydrogens (tertiary/aromatic N) is 2. The lowest BCUT2D eigenvalue weighted by Crippen LogP contribution is -2.38. The van der Waals surface area contributed by atoms with Gasteiger partial charge in [-0.05, 0) is 42.8 Å². The van der Waals surface area contributed by atoms with Crippen LogP contribution >= 0.6 is 11.6 Å². The zero-order valence-electron chi connectivity index (χ0n) is 19.0. The molecule has 2 aromatic carbocycles. The highest BCUT2D eigenvalue weighted by molar-refractivity contribution is 6.31. The van der Waals surface area contributed by atoms with Crippen LogP contribution in [0.3, 0.4) is 0 Å². The third-order valence-electron chi connectivity index (χ3n) is 5.74. The van der Waals surface area contributed by atoms with Gasteiger partial charge in [0.1, 0.15) is 6.61 Å². The van der Waals surface area contributed by atoms with Gasteiger partial charge in [0.05, 0.1) is 13.2 Å². The summed E-state index contributed by atoms with van der Waals surface area (Å²) in [7, 11) is 0. The number of aromatic nitrogens is 1. The highest BCUT2D eigenvalue weighted by Crippen LogP contribution is 2.28. The predicted octanol–water partition coefficient (Wildman–Crippen LogP) is 4.02. The van der Waals surface area contributed by atoms with E-state index in [4.69, 9.17) is 26.8 Å². The van der Waals surface area contributed by atoms with Gasteiger partial charge < -0.3 is 20.5 Å². The zero-order chi connectivity index (χ0) is 23.8. The molecule has 1 fully saturated rings. The van der Waals surface area contributed by atoms with Crippen LogP contribution in [0.4, 0.5) is 5.82 Å². The van der Waals surface area contributed by atoms with E-state index in [9.17, 15) is 4.79 Å². The molecule has 0 bridgehead atoms. The van der Waals surface area contributed by atoms with Crippen molar-refractivity contribution in [3.8, 4) is 16.9 Å². The number of morpholine rings is 1. The molecule has 1 aliphatic rings. The molecular weight excluding hydrogens is 452 g/mol. The van der Waals surface area contributed by atoms with Gasteiger partial charge in [-0.3, -0.25) is 9.69 Å². The SMILES string of the molecule is Nc1ncc(-c2ccc(C(=O)NCCCN3CCOCC3)cc2)cc1OCc1ccccc1Cl. The summed E-state index contributed by atoms with van der Waals surface area (Å²) in [4.78, 5) is 19.1. The summed E-state index contributed by atoms with van der Waals surface area (Å²) in [5.41, 5.74) is 9.26. The summed E-state index contributed by atoms with van der Waals surface area (Å²) < 4.78 is 11.2. The summed E-state index contributed by atoms with van der Waals surface area (Å²) in [5.74, 6) is 0.719. The Bertz CT molecular complexity index is 1100. The Morgan fingerprint density at radius 2 is 1.88 bits per heavy atom. The van der Waals surface area contributed by atoms with Gasteiger partial charge in [0.25, 0.3) is 5.91 Å².